The molecule has 0 bridgehead atoms. The summed E-state index contributed by atoms with van der Waals surface area (Å²) in [5.74, 6) is 0. The molecule has 0 spiro atoms. The summed E-state index contributed by atoms with van der Waals surface area (Å²) in [6.07, 6.45) is 0. The van der Waals surface area contributed by atoms with Gasteiger partial charge in [0.15, 0.2) is 11.2 Å². The fourth-order valence-corrected chi connectivity index (χ4v) is 9.05. The Bertz CT molecular complexity index is 3450. The molecule has 0 N–H and O–H groups in total. The van der Waals surface area contributed by atoms with Gasteiger partial charge in [-0.1, -0.05) is 152 Å². The minimum absolute atomic E-state index is 0.782. The van der Waals surface area contributed by atoms with Crippen molar-refractivity contribution in [1.29, 1.82) is 0 Å². The molecule has 0 unspecified atom stereocenters. The van der Waals surface area contributed by atoms with Crippen LogP contribution in [0.4, 0.5) is 0 Å². The maximum absolute atomic E-state index is 6.69. The van der Waals surface area contributed by atoms with Crippen LogP contribution in [-0.2, 0) is 0 Å². The second-order valence-corrected chi connectivity index (χ2v) is 14.3. The van der Waals surface area contributed by atoms with E-state index in [0.29, 0.717) is 0 Å². The van der Waals surface area contributed by atoms with Gasteiger partial charge in [0, 0.05) is 21.5 Å². The average molecular weight is 687 g/mol. The van der Waals surface area contributed by atoms with Gasteiger partial charge >= 0.3 is 0 Å². The van der Waals surface area contributed by atoms with Crippen molar-refractivity contribution in [2.75, 3.05) is 0 Å². The molecule has 0 aliphatic rings. The lowest BCUT2D eigenvalue weighted by Gasteiger charge is -2.18. The molecule has 2 aromatic heterocycles. The Morgan fingerprint density at radius 3 is 1.57 bits per heavy atom. The lowest BCUT2D eigenvalue weighted by molar-refractivity contribution is 0.633. The lowest BCUT2D eigenvalue weighted by Crippen LogP contribution is -1.91. The molecular weight excluding hydrogens is 657 g/mol. The first-order valence-corrected chi connectivity index (χ1v) is 18.5. The first-order valence-electron chi connectivity index (χ1n) is 18.5. The third kappa shape index (κ3) is 4.17. The van der Waals surface area contributed by atoms with Crippen LogP contribution in [0, 0.1) is 0 Å². The zero-order chi connectivity index (χ0) is 35.3. The maximum atomic E-state index is 6.69. The summed E-state index contributed by atoms with van der Waals surface area (Å²) in [5.41, 5.74) is 10.4. The molecule has 12 rings (SSSR count). The summed E-state index contributed by atoms with van der Waals surface area (Å²) in [4.78, 5) is 0. The van der Waals surface area contributed by atoms with Crippen LogP contribution in [0.2, 0.25) is 0 Å². The third-order valence-electron chi connectivity index (χ3n) is 11.4. The molecule has 0 aliphatic carbocycles. The van der Waals surface area contributed by atoms with Gasteiger partial charge in [-0.05, 0) is 107 Å². The summed E-state index contributed by atoms with van der Waals surface area (Å²) < 4.78 is 13.3. The number of hydrogen-bond donors (Lipinski definition) is 0. The fourth-order valence-electron chi connectivity index (χ4n) is 9.05. The first kappa shape index (κ1) is 29.4. The van der Waals surface area contributed by atoms with Crippen LogP contribution in [-0.4, -0.2) is 0 Å². The number of rotatable bonds is 3. The molecule has 0 amide bonds. The largest absolute Gasteiger partial charge is 0.452 e. The number of fused-ring (bicyclic) bond motifs is 12. The monoisotopic (exact) mass is 686 g/mol. The Morgan fingerprint density at radius 1 is 0.278 bits per heavy atom. The van der Waals surface area contributed by atoms with Crippen LogP contribution < -0.4 is 0 Å². The third-order valence-corrected chi connectivity index (χ3v) is 11.4. The molecular formula is C52H30O2. The molecule has 0 saturated carbocycles. The molecule has 10 aromatic carbocycles. The van der Waals surface area contributed by atoms with Crippen LogP contribution >= 0.6 is 0 Å². The number of hydrogen-bond acceptors (Lipinski definition) is 2. The van der Waals surface area contributed by atoms with Crippen molar-refractivity contribution in [1.82, 2.24) is 0 Å². The summed E-state index contributed by atoms with van der Waals surface area (Å²) in [6.45, 7) is 0. The summed E-state index contributed by atoms with van der Waals surface area (Å²) in [5, 5.41) is 14.1. The van der Waals surface area contributed by atoms with Crippen molar-refractivity contribution < 1.29 is 8.83 Å². The summed E-state index contributed by atoms with van der Waals surface area (Å²) in [7, 11) is 0. The normalized spacial score (nSPS) is 12.1. The summed E-state index contributed by atoms with van der Waals surface area (Å²) >= 11 is 0. The second-order valence-electron chi connectivity index (χ2n) is 14.3. The Hall–Kier alpha value is -7.16. The zero-order valence-electron chi connectivity index (χ0n) is 29.1. The van der Waals surface area contributed by atoms with Gasteiger partial charge in [-0.2, -0.15) is 0 Å². The Labute approximate surface area is 310 Å². The predicted octanol–water partition coefficient (Wildman–Crippen LogP) is 15.1. The van der Waals surface area contributed by atoms with E-state index in [4.69, 9.17) is 8.83 Å². The van der Waals surface area contributed by atoms with Gasteiger partial charge in [0.05, 0.1) is 0 Å². The van der Waals surface area contributed by atoms with Gasteiger partial charge in [0.25, 0.3) is 0 Å². The van der Waals surface area contributed by atoms with E-state index in [1.54, 1.807) is 0 Å². The van der Waals surface area contributed by atoms with Gasteiger partial charge < -0.3 is 8.83 Å². The van der Waals surface area contributed by atoms with E-state index in [0.717, 1.165) is 55.0 Å². The predicted molar refractivity (Wildman–Crippen MR) is 227 cm³/mol. The van der Waals surface area contributed by atoms with Gasteiger partial charge in [0.1, 0.15) is 11.2 Å². The topological polar surface area (TPSA) is 26.3 Å². The van der Waals surface area contributed by atoms with Crippen molar-refractivity contribution in [3.63, 3.8) is 0 Å². The molecule has 0 atom stereocenters. The molecule has 54 heavy (non-hydrogen) atoms. The van der Waals surface area contributed by atoms with Gasteiger partial charge in [-0.25, -0.2) is 0 Å². The van der Waals surface area contributed by atoms with E-state index >= 15 is 0 Å². The molecule has 2 heterocycles. The minimum Gasteiger partial charge on any atom is -0.452 e. The Balaban J connectivity index is 1.15. The van der Waals surface area contributed by atoms with Crippen LogP contribution in [0.15, 0.2) is 191 Å². The number of benzene rings is 10. The SMILES string of the molecule is c1cc(-c2c3ccccc3c(-c3ccc4ccccc4c3)c3ccccc23)cc(-c2cc3c(oc4ccc5ccccc5c43)c3oc4ccccc4c23)c1. The van der Waals surface area contributed by atoms with Gasteiger partial charge in [-0.3, -0.25) is 0 Å². The van der Waals surface area contributed by atoms with Crippen molar-refractivity contribution >= 4 is 87.0 Å². The highest BCUT2D eigenvalue weighted by Crippen LogP contribution is 2.48. The molecule has 12 aromatic rings. The lowest BCUT2D eigenvalue weighted by atomic mass is 9.85. The highest BCUT2D eigenvalue weighted by atomic mass is 16.4. The quantitative estimate of drug-likeness (QED) is 0.173. The van der Waals surface area contributed by atoms with Crippen molar-refractivity contribution in [2.45, 2.75) is 0 Å². The first-order chi connectivity index (χ1) is 26.8. The zero-order valence-corrected chi connectivity index (χ0v) is 29.1. The van der Waals surface area contributed by atoms with E-state index < -0.39 is 0 Å². The van der Waals surface area contributed by atoms with E-state index in [1.807, 2.05) is 6.07 Å². The van der Waals surface area contributed by atoms with E-state index in [9.17, 15) is 0 Å². The van der Waals surface area contributed by atoms with Gasteiger partial charge in [-0.15, -0.1) is 0 Å². The molecule has 2 nitrogen and oxygen atoms in total. The van der Waals surface area contributed by atoms with Crippen LogP contribution in [0.5, 0.6) is 0 Å². The molecule has 0 aliphatic heterocycles. The second kappa shape index (κ2) is 11.2. The number of furan rings is 2. The van der Waals surface area contributed by atoms with Crippen molar-refractivity contribution in [3.05, 3.63) is 182 Å². The molecule has 2 heteroatoms. The fraction of sp³-hybridized carbons (Fsp3) is 0. The molecule has 0 saturated heterocycles. The van der Waals surface area contributed by atoms with Crippen LogP contribution in [0.3, 0.4) is 0 Å². The minimum atomic E-state index is 0.782. The Morgan fingerprint density at radius 2 is 0.833 bits per heavy atom. The average Bonchev–Trinajstić information content (AvgIpc) is 3.82. The highest BCUT2D eigenvalue weighted by Gasteiger charge is 2.23. The standard InChI is InChI=1S/C52H30O2/c1-2-14-33-28-36(25-24-31(33)12-1)48-40-20-7-5-18-38(40)47(39-19-6-8-21-41(39)48)35-16-11-15-34(29-35)43-30-44-49-37-17-4-3-13-32(37)26-27-46(49)54-51(44)52-50(43)42-22-9-10-23-45(42)53-52/h1-30H. The molecule has 0 fully saturated rings. The smallest absolute Gasteiger partial charge is 0.179 e. The Kier molecular flexibility index (Phi) is 6.09. The molecule has 250 valence electrons. The number of para-hydroxylation sites is 1. The van der Waals surface area contributed by atoms with E-state index in [1.165, 1.54) is 65.3 Å². The van der Waals surface area contributed by atoms with Crippen molar-refractivity contribution in [3.8, 4) is 33.4 Å². The van der Waals surface area contributed by atoms with E-state index in [2.05, 4.69) is 176 Å². The maximum Gasteiger partial charge on any atom is 0.179 e. The van der Waals surface area contributed by atoms with Crippen LogP contribution in [0.1, 0.15) is 0 Å². The van der Waals surface area contributed by atoms with Gasteiger partial charge in [0.2, 0.25) is 0 Å². The molecule has 0 radical (unpaired) electrons. The highest BCUT2D eigenvalue weighted by molar-refractivity contribution is 6.28. The van der Waals surface area contributed by atoms with E-state index in [-0.39, 0.29) is 0 Å². The van der Waals surface area contributed by atoms with Crippen molar-refractivity contribution in [2.24, 2.45) is 0 Å². The van der Waals surface area contributed by atoms with Crippen LogP contribution in [0.25, 0.3) is 120 Å². The summed E-state index contributed by atoms with van der Waals surface area (Å²) in [6, 6.07) is 65.7.